The van der Waals surface area contributed by atoms with Crippen molar-refractivity contribution in [3.8, 4) is 5.75 Å². The Balaban J connectivity index is 1.74. The quantitative estimate of drug-likeness (QED) is 0.849. The van der Waals surface area contributed by atoms with Gasteiger partial charge in [0, 0.05) is 23.0 Å². The molecule has 6 heteroatoms. The van der Waals surface area contributed by atoms with Gasteiger partial charge in [0.1, 0.15) is 11.8 Å². The third-order valence-corrected chi connectivity index (χ3v) is 4.42. The second kappa shape index (κ2) is 6.34. The van der Waals surface area contributed by atoms with Crippen LogP contribution in [-0.4, -0.2) is 37.8 Å². The summed E-state index contributed by atoms with van der Waals surface area (Å²) in [5.74, 6) is 0.829. The summed E-state index contributed by atoms with van der Waals surface area (Å²) in [7, 11) is 0. The third-order valence-electron chi connectivity index (χ3n) is 3.93. The molecule has 1 aromatic rings. The van der Waals surface area contributed by atoms with Gasteiger partial charge >= 0.3 is 0 Å². The molecular weight excluding hydrogens is 336 g/mol. The fraction of sp³-hybridized carbons (Fsp3) is 0.533. The molecule has 1 aromatic carbocycles. The molecule has 2 heterocycles. The molecule has 2 N–H and O–H groups in total. The summed E-state index contributed by atoms with van der Waals surface area (Å²) in [5, 5.41) is 6.34. The number of hydrogen-bond acceptors (Lipinski definition) is 4. The van der Waals surface area contributed by atoms with E-state index in [1.807, 2.05) is 25.1 Å². The van der Waals surface area contributed by atoms with Crippen LogP contribution in [0.3, 0.4) is 0 Å². The lowest BCUT2D eigenvalue weighted by Crippen LogP contribution is -2.56. The zero-order valence-corrected chi connectivity index (χ0v) is 13.5. The van der Waals surface area contributed by atoms with Crippen molar-refractivity contribution < 1.29 is 14.3 Å². The molecule has 21 heavy (non-hydrogen) atoms. The van der Waals surface area contributed by atoms with E-state index in [9.17, 15) is 4.79 Å². The molecule has 3 atom stereocenters. The van der Waals surface area contributed by atoms with E-state index in [1.165, 1.54) is 0 Å². The number of morpholine rings is 1. The van der Waals surface area contributed by atoms with E-state index >= 15 is 0 Å². The largest absolute Gasteiger partial charge is 0.493 e. The zero-order chi connectivity index (χ0) is 14.8. The summed E-state index contributed by atoms with van der Waals surface area (Å²) in [4.78, 5) is 12.5. The number of ether oxygens (including phenoxy) is 2. The Labute approximate surface area is 132 Å². The van der Waals surface area contributed by atoms with Crippen LogP contribution in [0.5, 0.6) is 5.75 Å². The van der Waals surface area contributed by atoms with Gasteiger partial charge in [-0.25, -0.2) is 0 Å². The average molecular weight is 355 g/mol. The number of nitrogens with one attached hydrogen (secondary N) is 2. The average Bonchev–Trinajstić information content (AvgIpc) is 2.48. The van der Waals surface area contributed by atoms with Crippen molar-refractivity contribution in [1.29, 1.82) is 0 Å². The number of amides is 1. The maximum atomic E-state index is 12.5. The van der Waals surface area contributed by atoms with E-state index in [1.54, 1.807) is 0 Å². The molecule has 1 unspecified atom stereocenters. The molecule has 1 fully saturated rings. The molecule has 0 aliphatic carbocycles. The smallest absolute Gasteiger partial charge is 0.240 e. The van der Waals surface area contributed by atoms with E-state index in [4.69, 9.17) is 9.47 Å². The molecule has 2 aliphatic heterocycles. The normalized spacial score (nSPS) is 28.4. The van der Waals surface area contributed by atoms with E-state index in [2.05, 4.69) is 26.6 Å². The highest BCUT2D eigenvalue weighted by Crippen LogP contribution is 2.34. The second-order valence-corrected chi connectivity index (χ2v) is 6.30. The van der Waals surface area contributed by atoms with Crippen LogP contribution in [0.1, 0.15) is 24.9 Å². The lowest BCUT2D eigenvalue weighted by molar-refractivity contribution is -0.129. The number of carbonyl (C=O) groups is 1. The minimum absolute atomic E-state index is 0.0139. The first kappa shape index (κ1) is 14.8. The van der Waals surface area contributed by atoms with Gasteiger partial charge in [0.25, 0.3) is 0 Å². The first-order valence-corrected chi connectivity index (χ1v) is 8.02. The number of hydrogen-bond donors (Lipinski definition) is 2. The van der Waals surface area contributed by atoms with Crippen LogP contribution in [0.15, 0.2) is 22.7 Å². The Morgan fingerprint density at radius 2 is 2.29 bits per heavy atom. The van der Waals surface area contributed by atoms with Crippen LogP contribution in [0.2, 0.25) is 0 Å². The van der Waals surface area contributed by atoms with Gasteiger partial charge in [-0.2, -0.15) is 0 Å². The van der Waals surface area contributed by atoms with E-state index in [-0.39, 0.29) is 24.1 Å². The lowest BCUT2D eigenvalue weighted by atomic mass is 9.99. The van der Waals surface area contributed by atoms with Gasteiger partial charge in [-0.3, -0.25) is 4.79 Å². The Morgan fingerprint density at radius 1 is 1.43 bits per heavy atom. The third kappa shape index (κ3) is 3.22. The topological polar surface area (TPSA) is 59.6 Å². The van der Waals surface area contributed by atoms with Gasteiger partial charge in [0.15, 0.2) is 0 Å². The van der Waals surface area contributed by atoms with Crippen molar-refractivity contribution in [2.75, 3.05) is 19.8 Å². The van der Waals surface area contributed by atoms with Crippen LogP contribution in [0, 0.1) is 0 Å². The van der Waals surface area contributed by atoms with Gasteiger partial charge < -0.3 is 20.1 Å². The van der Waals surface area contributed by atoms with Gasteiger partial charge in [0.2, 0.25) is 5.91 Å². The zero-order valence-electron chi connectivity index (χ0n) is 11.9. The monoisotopic (exact) mass is 354 g/mol. The van der Waals surface area contributed by atoms with Crippen molar-refractivity contribution in [3.05, 3.63) is 28.2 Å². The van der Waals surface area contributed by atoms with E-state index < -0.39 is 0 Å². The molecule has 0 saturated carbocycles. The number of benzene rings is 1. The van der Waals surface area contributed by atoms with Crippen LogP contribution in [0.25, 0.3) is 0 Å². The van der Waals surface area contributed by atoms with Crippen molar-refractivity contribution in [2.24, 2.45) is 0 Å². The molecular formula is C15H19BrN2O3. The summed E-state index contributed by atoms with van der Waals surface area (Å²) < 4.78 is 12.2. The van der Waals surface area contributed by atoms with Crippen molar-refractivity contribution in [3.63, 3.8) is 0 Å². The predicted molar refractivity (Wildman–Crippen MR) is 82.3 cm³/mol. The minimum Gasteiger partial charge on any atom is -0.493 e. The molecule has 0 aromatic heterocycles. The van der Waals surface area contributed by atoms with Crippen molar-refractivity contribution in [1.82, 2.24) is 10.6 Å². The highest BCUT2D eigenvalue weighted by molar-refractivity contribution is 9.10. The van der Waals surface area contributed by atoms with E-state index in [0.717, 1.165) is 22.2 Å². The Bertz CT molecular complexity index is 538. The van der Waals surface area contributed by atoms with Crippen LogP contribution in [0.4, 0.5) is 0 Å². The maximum Gasteiger partial charge on any atom is 0.240 e. The number of halogens is 1. The number of carbonyl (C=O) groups excluding carboxylic acids is 1. The lowest BCUT2D eigenvalue weighted by Gasteiger charge is -2.32. The molecule has 1 saturated heterocycles. The van der Waals surface area contributed by atoms with Gasteiger partial charge in [0.05, 0.1) is 25.4 Å². The molecule has 1 amide bonds. The van der Waals surface area contributed by atoms with E-state index in [0.29, 0.717) is 19.8 Å². The Kier molecular flexibility index (Phi) is 4.47. The molecule has 2 aliphatic rings. The molecule has 114 valence electrons. The maximum absolute atomic E-state index is 12.5. The van der Waals surface area contributed by atoms with Crippen LogP contribution in [-0.2, 0) is 9.53 Å². The fourth-order valence-electron chi connectivity index (χ4n) is 2.80. The fourth-order valence-corrected chi connectivity index (χ4v) is 3.18. The summed E-state index contributed by atoms with van der Waals surface area (Å²) in [6.45, 7) is 3.89. The summed E-state index contributed by atoms with van der Waals surface area (Å²) in [6.07, 6.45) is 0.664. The van der Waals surface area contributed by atoms with Crippen molar-refractivity contribution >= 4 is 21.8 Å². The SMILES string of the molecule is C[C@H]1OCCN[C@@H]1C(=O)NC1CCOc2ccc(Br)cc21. The Morgan fingerprint density at radius 3 is 3.10 bits per heavy atom. The van der Waals surface area contributed by atoms with Gasteiger partial charge in [-0.05, 0) is 25.1 Å². The molecule has 0 spiro atoms. The number of rotatable bonds is 2. The minimum atomic E-state index is -0.294. The number of fused-ring (bicyclic) bond motifs is 1. The predicted octanol–water partition coefficient (Wildman–Crippen LogP) is 1.77. The highest BCUT2D eigenvalue weighted by Gasteiger charge is 2.31. The first-order chi connectivity index (χ1) is 10.1. The molecule has 3 rings (SSSR count). The molecule has 5 nitrogen and oxygen atoms in total. The molecule has 0 bridgehead atoms. The highest BCUT2D eigenvalue weighted by atomic mass is 79.9. The van der Waals surface area contributed by atoms with Gasteiger partial charge in [-0.1, -0.05) is 15.9 Å². The summed E-state index contributed by atoms with van der Waals surface area (Å²) in [6, 6.07) is 5.57. The standard InChI is InChI=1S/C15H19BrN2O3/c1-9-14(17-5-7-20-9)15(19)18-12-4-6-21-13-3-2-10(16)8-11(12)13/h2-3,8-9,12,14,17H,4-7H2,1H3,(H,18,19)/t9-,12?,14+/m1/s1. The second-order valence-electron chi connectivity index (χ2n) is 5.39. The summed E-state index contributed by atoms with van der Waals surface area (Å²) in [5.41, 5.74) is 1.02. The molecule has 0 radical (unpaired) electrons. The van der Waals surface area contributed by atoms with Gasteiger partial charge in [-0.15, -0.1) is 0 Å². The van der Waals surface area contributed by atoms with Crippen LogP contribution >= 0.6 is 15.9 Å². The van der Waals surface area contributed by atoms with Crippen LogP contribution < -0.4 is 15.4 Å². The van der Waals surface area contributed by atoms with Crippen molar-refractivity contribution in [2.45, 2.75) is 31.5 Å². The summed E-state index contributed by atoms with van der Waals surface area (Å²) >= 11 is 3.47. The first-order valence-electron chi connectivity index (χ1n) is 7.23. The Hall–Kier alpha value is -1.11.